The van der Waals surface area contributed by atoms with E-state index in [4.69, 9.17) is 9.78 Å². The Morgan fingerprint density at radius 3 is 2.52 bits per heavy atom. The van der Waals surface area contributed by atoms with Crippen molar-refractivity contribution >= 4 is 39.2 Å². The first-order chi connectivity index (χ1) is 16.0. The van der Waals surface area contributed by atoms with Gasteiger partial charge in [0.1, 0.15) is 0 Å². The minimum absolute atomic E-state index is 0.340. The lowest BCUT2D eigenvalue weighted by Gasteiger charge is -2.08. The van der Waals surface area contributed by atoms with Crippen molar-refractivity contribution in [1.82, 2.24) is 0 Å². The number of rotatable bonds is 8. The molecule has 0 aliphatic carbocycles. The van der Waals surface area contributed by atoms with E-state index in [-0.39, 0.29) is 5.97 Å². The Hall–Kier alpha value is -2.94. The smallest absolute Gasteiger partial charge is 0.287 e. The molecule has 0 heterocycles. The Balaban J connectivity index is 1.70. The molecular weight excluding hydrogens is 496 g/mol. The van der Waals surface area contributed by atoms with Crippen molar-refractivity contribution < 1.29 is 14.6 Å². The molecule has 33 heavy (non-hydrogen) atoms. The average Bonchev–Trinajstić information content (AvgIpc) is 2.82. The third-order valence-electron chi connectivity index (χ3n) is 4.63. The van der Waals surface area contributed by atoms with E-state index in [0.717, 1.165) is 43.8 Å². The number of halogens is 1. The molecule has 3 aromatic rings. The lowest BCUT2D eigenvalue weighted by Crippen LogP contribution is -2.07. The van der Waals surface area contributed by atoms with Crippen molar-refractivity contribution in [3.63, 3.8) is 0 Å². The molecule has 0 unspecified atom stereocenters. The van der Waals surface area contributed by atoms with Crippen LogP contribution in [0.3, 0.4) is 0 Å². The molecule has 0 N–H and O–H groups in total. The molecule has 0 spiro atoms. The average molecular weight is 521 g/mol. The summed E-state index contributed by atoms with van der Waals surface area (Å²) < 4.78 is 1.04. The summed E-state index contributed by atoms with van der Waals surface area (Å²) in [5, 5.41) is 0. The quantitative estimate of drug-likeness (QED) is 0.132. The molecule has 0 saturated carbocycles. The van der Waals surface area contributed by atoms with Gasteiger partial charge >= 0.3 is 5.97 Å². The number of carbonyl (C=O) groups is 1. The molecule has 0 fully saturated rings. The van der Waals surface area contributed by atoms with Crippen LogP contribution in [0.15, 0.2) is 88.2 Å². The summed E-state index contributed by atoms with van der Waals surface area (Å²) in [5.41, 5.74) is 3.96. The monoisotopic (exact) mass is 520 g/mol. The van der Waals surface area contributed by atoms with Gasteiger partial charge in [0.05, 0.1) is 0 Å². The predicted molar refractivity (Wildman–Crippen MR) is 139 cm³/mol. The van der Waals surface area contributed by atoms with Crippen molar-refractivity contribution in [3.8, 4) is 17.6 Å². The van der Waals surface area contributed by atoms with Crippen LogP contribution in [-0.4, -0.2) is 11.7 Å². The molecule has 0 aliphatic heterocycles. The van der Waals surface area contributed by atoms with E-state index in [1.165, 1.54) is 0 Å². The second kappa shape index (κ2) is 12.9. The third-order valence-corrected chi connectivity index (χ3v) is 6.08. The standard InChI is InChI=1S/C28H25BrO3S/c1-3-7-28(30)32-31-27-17-16-26(20-21(27)2)33-19-18-24(23-12-14-25(29)15-13-23)11-10-22-8-5-4-6-9-22/h4-6,8-9,12-18,20H,3,7,19H2,1-2H3. The number of carbonyl (C=O) groups excluding carboxylic acids is 1. The van der Waals surface area contributed by atoms with Crippen molar-refractivity contribution in [1.29, 1.82) is 0 Å². The van der Waals surface area contributed by atoms with E-state index in [1.54, 1.807) is 11.8 Å². The van der Waals surface area contributed by atoms with Crippen LogP contribution in [0, 0.1) is 18.8 Å². The number of allylic oxidation sites excluding steroid dienone is 1. The van der Waals surface area contributed by atoms with Gasteiger partial charge in [0.15, 0.2) is 5.75 Å². The van der Waals surface area contributed by atoms with Gasteiger partial charge in [-0.15, -0.1) is 11.8 Å². The van der Waals surface area contributed by atoms with Crippen LogP contribution in [-0.2, 0) is 9.68 Å². The van der Waals surface area contributed by atoms with Gasteiger partial charge in [-0.25, -0.2) is 4.79 Å². The maximum absolute atomic E-state index is 11.5. The van der Waals surface area contributed by atoms with Gasteiger partial charge < -0.3 is 0 Å². The number of hydrogen-bond donors (Lipinski definition) is 0. The Morgan fingerprint density at radius 2 is 1.82 bits per heavy atom. The predicted octanol–water partition coefficient (Wildman–Crippen LogP) is 7.62. The molecule has 5 heteroatoms. The topological polar surface area (TPSA) is 35.5 Å². The Labute approximate surface area is 208 Å². The molecule has 3 aromatic carbocycles. The van der Waals surface area contributed by atoms with Crippen LogP contribution in [0.5, 0.6) is 5.75 Å². The second-order valence-corrected chi connectivity index (χ2v) is 9.28. The highest BCUT2D eigenvalue weighted by Gasteiger charge is 2.07. The van der Waals surface area contributed by atoms with Gasteiger partial charge in [-0.3, -0.25) is 9.78 Å². The summed E-state index contributed by atoms with van der Waals surface area (Å²) in [6.07, 6.45) is 3.21. The lowest BCUT2D eigenvalue weighted by molar-refractivity contribution is -0.214. The van der Waals surface area contributed by atoms with Gasteiger partial charge in [0.25, 0.3) is 0 Å². The number of aryl methyl sites for hydroxylation is 1. The molecule has 0 aliphatic rings. The lowest BCUT2D eigenvalue weighted by atomic mass is 10.1. The van der Waals surface area contributed by atoms with Gasteiger partial charge in [-0.05, 0) is 66.9 Å². The minimum atomic E-state index is -0.363. The summed E-state index contributed by atoms with van der Waals surface area (Å²) in [6, 6.07) is 24.0. The van der Waals surface area contributed by atoms with E-state index in [1.807, 2.05) is 74.5 Å². The van der Waals surface area contributed by atoms with Crippen LogP contribution in [0.2, 0.25) is 0 Å². The summed E-state index contributed by atoms with van der Waals surface area (Å²) in [7, 11) is 0. The molecule has 0 bridgehead atoms. The molecule has 0 atom stereocenters. The molecule has 0 radical (unpaired) electrons. The SMILES string of the molecule is CCCC(=O)OOc1ccc(SCC=C(C#Cc2ccccc2)c2ccc(Br)cc2)cc1C. The number of thioether (sulfide) groups is 1. The van der Waals surface area contributed by atoms with Crippen molar-refractivity contribution in [2.75, 3.05) is 5.75 Å². The van der Waals surface area contributed by atoms with Gasteiger partial charge in [0, 0.05) is 32.7 Å². The fourth-order valence-electron chi connectivity index (χ4n) is 2.90. The number of benzene rings is 3. The van der Waals surface area contributed by atoms with Crippen LogP contribution < -0.4 is 4.89 Å². The van der Waals surface area contributed by atoms with Crippen molar-refractivity contribution in [2.45, 2.75) is 31.6 Å². The molecule has 0 amide bonds. The maximum atomic E-state index is 11.5. The Morgan fingerprint density at radius 1 is 1.06 bits per heavy atom. The first-order valence-electron chi connectivity index (χ1n) is 10.7. The molecule has 3 nitrogen and oxygen atoms in total. The maximum Gasteiger partial charge on any atom is 0.355 e. The first kappa shape index (κ1) is 24.7. The highest BCUT2D eigenvalue weighted by atomic mass is 79.9. The zero-order valence-corrected chi connectivity index (χ0v) is 21.0. The van der Waals surface area contributed by atoms with E-state index >= 15 is 0 Å². The highest BCUT2D eigenvalue weighted by molar-refractivity contribution is 9.10. The molecule has 168 valence electrons. The third kappa shape index (κ3) is 8.16. The van der Waals surface area contributed by atoms with Gasteiger partial charge in [-0.2, -0.15) is 0 Å². The van der Waals surface area contributed by atoms with E-state index in [9.17, 15) is 4.79 Å². The fraction of sp³-hybridized carbons (Fsp3) is 0.179. The zero-order chi connectivity index (χ0) is 23.5. The van der Waals surface area contributed by atoms with E-state index in [2.05, 4.69) is 46.0 Å². The highest BCUT2D eigenvalue weighted by Crippen LogP contribution is 2.27. The molecular formula is C28H25BrO3S. The van der Waals surface area contributed by atoms with E-state index < -0.39 is 0 Å². The van der Waals surface area contributed by atoms with E-state index in [0.29, 0.717) is 12.2 Å². The van der Waals surface area contributed by atoms with Crippen LogP contribution in [0.1, 0.15) is 36.5 Å². The largest absolute Gasteiger partial charge is 0.355 e. The molecule has 0 saturated heterocycles. The van der Waals surface area contributed by atoms with Crippen molar-refractivity contribution in [2.24, 2.45) is 0 Å². The van der Waals surface area contributed by atoms with Gasteiger partial charge in [0.2, 0.25) is 0 Å². The normalized spacial score (nSPS) is 10.8. The zero-order valence-electron chi connectivity index (χ0n) is 18.6. The molecule has 0 aromatic heterocycles. The second-order valence-electron chi connectivity index (χ2n) is 7.27. The van der Waals surface area contributed by atoms with Crippen molar-refractivity contribution in [3.05, 3.63) is 100 Å². The number of hydrogen-bond acceptors (Lipinski definition) is 4. The fourth-order valence-corrected chi connectivity index (χ4v) is 4.03. The summed E-state index contributed by atoms with van der Waals surface area (Å²) in [4.78, 5) is 22.7. The Bertz CT molecular complexity index is 1160. The first-order valence-corrected chi connectivity index (χ1v) is 12.5. The Kier molecular flexibility index (Phi) is 9.68. The summed E-state index contributed by atoms with van der Waals surface area (Å²) in [5.74, 6) is 7.53. The van der Waals surface area contributed by atoms with Gasteiger partial charge in [-0.1, -0.05) is 71.1 Å². The van der Waals surface area contributed by atoms with Crippen LogP contribution in [0.4, 0.5) is 0 Å². The summed E-state index contributed by atoms with van der Waals surface area (Å²) in [6.45, 7) is 3.85. The van der Waals surface area contributed by atoms with Crippen LogP contribution in [0.25, 0.3) is 5.57 Å². The molecule has 3 rings (SSSR count). The summed E-state index contributed by atoms with van der Waals surface area (Å²) >= 11 is 5.20. The minimum Gasteiger partial charge on any atom is -0.287 e. The van der Waals surface area contributed by atoms with Crippen LogP contribution >= 0.6 is 27.7 Å².